The van der Waals surface area contributed by atoms with Gasteiger partial charge >= 0.3 is 26.2 Å². The van der Waals surface area contributed by atoms with E-state index in [0.717, 1.165) is 12.8 Å². The van der Waals surface area contributed by atoms with Crippen molar-refractivity contribution in [3.63, 3.8) is 0 Å². The van der Waals surface area contributed by atoms with Gasteiger partial charge in [-0.15, -0.1) is 69.1 Å². The van der Waals surface area contributed by atoms with E-state index in [1.807, 2.05) is 0 Å². The molecule has 0 bridgehead atoms. The standard InChI is InChI=1S/C32H24.Zr/c1-3-9-25(10-4-1)29-15-7-13-27-19-23(21-31(27)29)17-18-24-20-28-14-8-16-30(32(28)22-24)26-11-5-2-6-12-26;/h1-16,19-22H,17-18H2;/q-2;+2. The second-order valence-electron chi connectivity index (χ2n) is 8.58. The van der Waals surface area contributed by atoms with Crippen molar-refractivity contribution in [3.05, 3.63) is 132 Å². The molecule has 6 aromatic carbocycles. The molecule has 0 spiro atoms. The Morgan fingerprint density at radius 2 is 0.879 bits per heavy atom. The van der Waals surface area contributed by atoms with Crippen LogP contribution in [-0.2, 0) is 39.0 Å². The molecule has 6 rings (SSSR count). The van der Waals surface area contributed by atoms with Crippen molar-refractivity contribution in [1.82, 2.24) is 0 Å². The summed E-state index contributed by atoms with van der Waals surface area (Å²) in [7, 11) is 0. The van der Waals surface area contributed by atoms with Gasteiger partial charge in [0.2, 0.25) is 0 Å². The van der Waals surface area contributed by atoms with Crippen molar-refractivity contribution in [2.24, 2.45) is 0 Å². The largest absolute Gasteiger partial charge is 2.00 e. The van der Waals surface area contributed by atoms with Crippen LogP contribution in [0.25, 0.3) is 43.8 Å². The maximum atomic E-state index is 2.38. The molecule has 0 aliphatic carbocycles. The van der Waals surface area contributed by atoms with E-state index in [1.54, 1.807) is 0 Å². The molecule has 0 heterocycles. The Morgan fingerprint density at radius 3 is 1.30 bits per heavy atom. The smallest absolute Gasteiger partial charge is 0.164 e. The van der Waals surface area contributed by atoms with Crippen LogP contribution in [0.2, 0.25) is 0 Å². The number of rotatable bonds is 5. The van der Waals surface area contributed by atoms with Crippen molar-refractivity contribution in [2.75, 3.05) is 0 Å². The molecule has 0 aliphatic rings. The molecule has 156 valence electrons. The van der Waals surface area contributed by atoms with E-state index in [0.29, 0.717) is 0 Å². The van der Waals surface area contributed by atoms with E-state index in [-0.39, 0.29) is 26.2 Å². The van der Waals surface area contributed by atoms with Crippen LogP contribution in [0.15, 0.2) is 121 Å². The van der Waals surface area contributed by atoms with Crippen LogP contribution >= 0.6 is 0 Å². The van der Waals surface area contributed by atoms with Crippen LogP contribution in [0.5, 0.6) is 0 Å². The first-order valence-corrected chi connectivity index (χ1v) is 11.3. The molecule has 0 nitrogen and oxygen atoms in total. The van der Waals surface area contributed by atoms with E-state index < -0.39 is 0 Å². The molecule has 0 aromatic heterocycles. The average Bonchev–Trinajstić information content (AvgIpc) is 3.47. The van der Waals surface area contributed by atoms with Gasteiger partial charge in [-0.3, -0.25) is 0 Å². The van der Waals surface area contributed by atoms with Crippen LogP contribution in [0.3, 0.4) is 0 Å². The van der Waals surface area contributed by atoms with Gasteiger partial charge in [-0.05, 0) is 24.0 Å². The predicted molar refractivity (Wildman–Crippen MR) is 137 cm³/mol. The predicted octanol–water partition coefficient (Wildman–Crippen LogP) is 8.55. The number of hydrogen-bond donors (Lipinski definition) is 0. The third-order valence-electron chi connectivity index (χ3n) is 6.49. The van der Waals surface area contributed by atoms with E-state index in [1.165, 1.54) is 54.9 Å². The monoisotopic (exact) mass is 498 g/mol. The molecule has 0 radical (unpaired) electrons. The molecule has 0 N–H and O–H groups in total. The summed E-state index contributed by atoms with van der Waals surface area (Å²) in [6, 6.07) is 44.1. The normalized spacial score (nSPS) is 11.0. The molecule has 0 saturated carbocycles. The summed E-state index contributed by atoms with van der Waals surface area (Å²) < 4.78 is 0. The van der Waals surface area contributed by atoms with Crippen molar-refractivity contribution >= 4 is 21.5 Å². The fourth-order valence-corrected chi connectivity index (χ4v) is 4.91. The Morgan fingerprint density at radius 1 is 0.455 bits per heavy atom. The minimum absolute atomic E-state index is 0. The summed E-state index contributed by atoms with van der Waals surface area (Å²) in [5.41, 5.74) is 8.03. The minimum Gasteiger partial charge on any atom is -0.164 e. The van der Waals surface area contributed by atoms with E-state index in [9.17, 15) is 0 Å². The summed E-state index contributed by atoms with van der Waals surface area (Å²) in [5.74, 6) is 0. The Kier molecular flexibility index (Phi) is 6.25. The number of fused-ring (bicyclic) bond motifs is 2. The molecule has 33 heavy (non-hydrogen) atoms. The number of hydrogen-bond acceptors (Lipinski definition) is 0. The van der Waals surface area contributed by atoms with Gasteiger partial charge in [0.15, 0.2) is 0 Å². The fourth-order valence-electron chi connectivity index (χ4n) is 4.91. The third-order valence-corrected chi connectivity index (χ3v) is 6.49. The molecule has 0 unspecified atom stereocenters. The maximum Gasteiger partial charge on any atom is 2.00 e. The molecule has 0 saturated heterocycles. The van der Waals surface area contributed by atoms with Crippen molar-refractivity contribution < 1.29 is 26.2 Å². The zero-order valence-corrected chi connectivity index (χ0v) is 20.9. The van der Waals surface area contributed by atoms with Gasteiger partial charge in [0.1, 0.15) is 0 Å². The summed E-state index contributed by atoms with van der Waals surface area (Å²) >= 11 is 0. The zero-order valence-electron chi connectivity index (χ0n) is 18.5. The number of aryl methyl sites for hydroxylation is 2. The Bertz CT molecular complexity index is 1380. The third kappa shape index (κ3) is 4.31. The van der Waals surface area contributed by atoms with E-state index >= 15 is 0 Å². The van der Waals surface area contributed by atoms with Crippen LogP contribution in [0.1, 0.15) is 11.1 Å². The van der Waals surface area contributed by atoms with Crippen molar-refractivity contribution in [1.29, 1.82) is 0 Å². The SMILES string of the molecule is [Zr+2].c1ccc(-c2cccc3[cH-]c(CCc4cc5c(-c6ccccc6)cccc5[cH-]4)cc23)cc1. The van der Waals surface area contributed by atoms with Crippen LogP contribution in [0, 0.1) is 0 Å². The first-order valence-electron chi connectivity index (χ1n) is 11.3. The van der Waals surface area contributed by atoms with Crippen LogP contribution in [-0.4, -0.2) is 0 Å². The van der Waals surface area contributed by atoms with Gasteiger partial charge < -0.3 is 0 Å². The second kappa shape index (κ2) is 9.46. The van der Waals surface area contributed by atoms with Gasteiger partial charge in [0.25, 0.3) is 0 Å². The summed E-state index contributed by atoms with van der Waals surface area (Å²) in [6.07, 6.45) is 2.11. The van der Waals surface area contributed by atoms with E-state index in [2.05, 4.69) is 121 Å². The van der Waals surface area contributed by atoms with Gasteiger partial charge in [-0.1, -0.05) is 83.9 Å². The van der Waals surface area contributed by atoms with Crippen molar-refractivity contribution in [3.8, 4) is 22.3 Å². The average molecular weight is 500 g/mol. The summed E-state index contributed by atoms with van der Waals surface area (Å²) in [4.78, 5) is 0. The van der Waals surface area contributed by atoms with Crippen LogP contribution in [0.4, 0.5) is 0 Å². The second-order valence-corrected chi connectivity index (χ2v) is 8.58. The first kappa shape index (κ1) is 21.8. The Labute approximate surface area is 214 Å². The van der Waals surface area contributed by atoms with Gasteiger partial charge in [-0.25, -0.2) is 0 Å². The van der Waals surface area contributed by atoms with Gasteiger partial charge in [0.05, 0.1) is 0 Å². The molecular weight excluding hydrogens is 476 g/mol. The van der Waals surface area contributed by atoms with Crippen LogP contribution < -0.4 is 0 Å². The summed E-state index contributed by atoms with van der Waals surface area (Å²) in [6.45, 7) is 0. The molecule has 6 aromatic rings. The van der Waals surface area contributed by atoms with Crippen molar-refractivity contribution in [2.45, 2.75) is 12.8 Å². The molecule has 0 atom stereocenters. The molecule has 0 fully saturated rings. The molecule has 0 amide bonds. The van der Waals surface area contributed by atoms with Gasteiger partial charge in [0, 0.05) is 0 Å². The maximum absolute atomic E-state index is 2.38. The summed E-state index contributed by atoms with van der Waals surface area (Å²) in [5, 5.41) is 5.38. The first-order chi connectivity index (χ1) is 15.8. The van der Waals surface area contributed by atoms with E-state index in [4.69, 9.17) is 0 Å². The topological polar surface area (TPSA) is 0 Å². The molecular formula is C32H24Zr. The Hall–Kier alpha value is -3.02. The minimum atomic E-state index is 0. The fraction of sp³-hybridized carbons (Fsp3) is 0.0625. The zero-order chi connectivity index (χ0) is 21.3. The number of benzene rings is 4. The quantitative estimate of drug-likeness (QED) is 0.208. The van der Waals surface area contributed by atoms with Gasteiger partial charge in [-0.2, -0.15) is 12.1 Å². The Balaban J connectivity index is 0.00000228. The molecule has 0 aliphatic heterocycles. The molecule has 1 heteroatoms.